The van der Waals surface area contributed by atoms with Gasteiger partial charge in [-0.15, -0.1) is 0 Å². The Balaban J connectivity index is 2.43. The monoisotopic (exact) mass is 343 g/mol. The van der Waals surface area contributed by atoms with E-state index in [1.807, 2.05) is 6.07 Å². The molecule has 2 heterocycles. The van der Waals surface area contributed by atoms with Gasteiger partial charge < -0.3 is 9.47 Å². The van der Waals surface area contributed by atoms with Crippen molar-refractivity contribution < 1.29 is 9.47 Å². The van der Waals surface area contributed by atoms with Gasteiger partial charge >= 0.3 is 0 Å². The molecule has 0 spiro atoms. The molecule has 100 valence electrons. The first-order valence-electron chi connectivity index (χ1n) is 5.37. The van der Waals surface area contributed by atoms with Crippen LogP contribution in [-0.2, 0) is 11.3 Å². The predicted octanol–water partition coefficient (Wildman–Crippen LogP) is 3.11. The minimum absolute atomic E-state index is 0.341. The largest absolute Gasteiger partial charge is 0.481 e. The average Bonchev–Trinajstić information content (AvgIpc) is 2.44. The van der Waals surface area contributed by atoms with Crippen LogP contribution in [0.3, 0.4) is 0 Å². The molecule has 7 heteroatoms. The van der Waals surface area contributed by atoms with Crippen LogP contribution in [0.2, 0.25) is 5.15 Å². The van der Waals surface area contributed by atoms with E-state index < -0.39 is 0 Å². The van der Waals surface area contributed by atoms with Gasteiger partial charge in [0.05, 0.1) is 23.9 Å². The van der Waals surface area contributed by atoms with Gasteiger partial charge in [0, 0.05) is 24.9 Å². The lowest BCUT2D eigenvalue weighted by molar-refractivity contribution is 0.181. The fourth-order valence-electron chi connectivity index (χ4n) is 1.46. The lowest BCUT2D eigenvalue weighted by Crippen LogP contribution is -2.00. The van der Waals surface area contributed by atoms with E-state index in [4.69, 9.17) is 21.1 Å². The van der Waals surface area contributed by atoms with Gasteiger partial charge in [0.1, 0.15) is 5.15 Å². The highest BCUT2D eigenvalue weighted by Crippen LogP contribution is 2.27. The maximum atomic E-state index is 6.06. The van der Waals surface area contributed by atoms with Gasteiger partial charge in [0.2, 0.25) is 5.88 Å². The molecule has 0 aliphatic carbocycles. The molecule has 0 unspecified atom stereocenters. The Morgan fingerprint density at radius 3 is 2.63 bits per heavy atom. The second kappa shape index (κ2) is 6.27. The second-order valence-corrected chi connectivity index (χ2v) is 4.77. The van der Waals surface area contributed by atoms with Crippen LogP contribution >= 0.6 is 27.5 Å². The summed E-state index contributed by atoms with van der Waals surface area (Å²) in [6, 6.07) is 3.56. The number of methoxy groups -OCH3 is 2. The van der Waals surface area contributed by atoms with Crippen LogP contribution in [0.5, 0.6) is 5.88 Å². The smallest absolute Gasteiger partial charge is 0.212 e. The summed E-state index contributed by atoms with van der Waals surface area (Å²) in [6.45, 7) is 0.347. The molecule has 0 fully saturated rings. The number of rotatable bonds is 4. The normalized spacial score (nSPS) is 10.5. The Kier molecular flexibility index (Phi) is 4.68. The predicted molar refractivity (Wildman–Crippen MR) is 75.2 cm³/mol. The Labute approximate surface area is 124 Å². The molecule has 0 amide bonds. The molecular weight excluding hydrogens is 334 g/mol. The van der Waals surface area contributed by atoms with E-state index in [2.05, 4.69) is 30.9 Å². The average molecular weight is 345 g/mol. The van der Waals surface area contributed by atoms with Gasteiger partial charge in [-0.05, 0) is 22.0 Å². The summed E-state index contributed by atoms with van der Waals surface area (Å²) in [5.41, 5.74) is 1.45. The number of hydrogen-bond acceptors (Lipinski definition) is 5. The lowest BCUT2D eigenvalue weighted by Gasteiger charge is -2.07. The highest BCUT2D eigenvalue weighted by Gasteiger charge is 2.12. The highest BCUT2D eigenvalue weighted by atomic mass is 79.9. The zero-order valence-corrected chi connectivity index (χ0v) is 12.7. The molecule has 0 saturated carbocycles. The van der Waals surface area contributed by atoms with Crippen molar-refractivity contribution in [1.29, 1.82) is 0 Å². The van der Waals surface area contributed by atoms with Crippen molar-refractivity contribution in [1.82, 2.24) is 15.0 Å². The van der Waals surface area contributed by atoms with Crippen LogP contribution < -0.4 is 4.74 Å². The van der Waals surface area contributed by atoms with Crippen molar-refractivity contribution >= 4 is 27.5 Å². The Bertz CT molecular complexity index is 578. The molecule has 2 aromatic heterocycles. The summed E-state index contributed by atoms with van der Waals surface area (Å²) < 4.78 is 10.7. The molecule has 0 aliphatic heterocycles. The van der Waals surface area contributed by atoms with Gasteiger partial charge in [-0.1, -0.05) is 11.6 Å². The third-order valence-electron chi connectivity index (χ3n) is 2.36. The van der Waals surface area contributed by atoms with Crippen molar-refractivity contribution in [2.75, 3.05) is 14.2 Å². The van der Waals surface area contributed by atoms with E-state index in [0.717, 1.165) is 5.56 Å². The quantitative estimate of drug-likeness (QED) is 0.798. The molecule has 5 nitrogen and oxygen atoms in total. The maximum absolute atomic E-state index is 6.06. The molecule has 0 aromatic carbocycles. The first kappa shape index (κ1) is 14.2. The van der Waals surface area contributed by atoms with E-state index in [-0.39, 0.29) is 0 Å². The lowest BCUT2D eigenvalue weighted by atomic mass is 10.2. The van der Waals surface area contributed by atoms with Crippen LogP contribution in [0.15, 0.2) is 22.8 Å². The molecule has 0 saturated heterocycles. The zero-order chi connectivity index (χ0) is 13.8. The minimum atomic E-state index is 0.341. The fraction of sp³-hybridized carbons (Fsp3) is 0.250. The van der Waals surface area contributed by atoms with Gasteiger partial charge in [0.25, 0.3) is 0 Å². The van der Waals surface area contributed by atoms with Crippen molar-refractivity contribution in [3.63, 3.8) is 0 Å². The molecule has 2 aromatic rings. The third-order valence-corrected chi connectivity index (χ3v) is 3.70. The van der Waals surface area contributed by atoms with Gasteiger partial charge in [0.15, 0.2) is 5.82 Å². The Morgan fingerprint density at radius 1 is 1.26 bits per heavy atom. The van der Waals surface area contributed by atoms with E-state index in [1.54, 1.807) is 26.5 Å². The summed E-state index contributed by atoms with van der Waals surface area (Å²) in [4.78, 5) is 12.7. The number of halogens is 2. The summed E-state index contributed by atoms with van der Waals surface area (Å²) in [5, 5.41) is 0.341. The van der Waals surface area contributed by atoms with Crippen molar-refractivity contribution in [3.05, 3.63) is 33.6 Å². The van der Waals surface area contributed by atoms with E-state index >= 15 is 0 Å². The second-order valence-electron chi connectivity index (χ2n) is 3.62. The summed E-state index contributed by atoms with van der Waals surface area (Å²) in [7, 11) is 3.16. The number of aromatic nitrogens is 3. The first-order chi connectivity index (χ1) is 9.15. The zero-order valence-electron chi connectivity index (χ0n) is 10.4. The number of ether oxygens (including phenoxy) is 2. The van der Waals surface area contributed by atoms with E-state index in [0.29, 0.717) is 33.6 Å². The van der Waals surface area contributed by atoms with Crippen molar-refractivity contribution in [2.45, 2.75) is 6.61 Å². The summed E-state index contributed by atoms with van der Waals surface area (Å²) in [5.74, 6) is 1.03. The van der Waals surface area contributed by atoms with Crippen LogP contribution in [0.4, 0.5) is 0 Å². The van der Waals surface area contributed by atoms with Crippen molar-refractivity contribution in [2.24, 2.45) is 0 Å². The molecule has 0 N–H and O–H groups in total. The van der Waals surface area contributed by atoms with Crippen LogP contribution in [0, 0.1) is 0 Å². The van der Waals surface area contributed by atoms with E-state index in [9.17, 15) is 0 Å². The molecule has 0 bridgehead atoms. The molecular formula is C12H11BrClN3O2. The number of nitrogens with zero attached hydrogens (tertiary/aromatic N) is 3. The van der Waals surface area contributed by atoms with Crippen LogP contribution in [0.25, 0.3) is 11.4 Å². The highest BCUT2D eigenvalue weighted by molar-refractivity contribution is 9.10. The summed E-state index contributed by atoms with van der Waals surface area (Å²) >= 11 is 9.40. The molecule has 2 rings (SSSR count). The molecule has 0 radical (unpaired) electrons. The maximum Gasteiger partial charge on any atom is 0.212 e. The molecule has 0 atom stereocenters. The van der Waals surface area contributed by atoms with Crippen molar-refractivity contribution in [3.8, 4) is 17.3 Å². The Hall–Kier alpha value is -1.24. The molecule has 19 heavy (non-hydrogen) atoms. The third kappa shape index (κ3) is 3.20. The van der Waals surface area contributed by atoms with Gasteiger partial charge in [-0.3, -0.25) is 0 Å². The number of pyridine rings is 1. The van der Waals surface area contributed by atoms with Gasteiger partial charge in [-0.25, -0.2) is 15.0 Å². The minimum Gasteiger partial charge on any atom is -0.481 e. The first-order valence-corrected chi connectivity index (χ1v) is 6.54. The summed E-state index contributed by atoms with van der Waals surface area (Å²) in [6.07, 6.45) is 1.63. The standard InChI is InChI=1S/C12H11BrClN3O2/c1-18-6-8-10(13)11(14)17-12(16-8)7-3-4-9(19-2)15-5-7/h3-5H,6H2,1-2H3. The topological polar surface area (TPSA) is 57.1 Å². The van der Waals surface area contributed by atoms with Crippen LogP contribution in [-0.4, -0.2) is 29.2 Å². The SMILES string of the molecule is COCc1nc(-c2ccc(OC)nc2)nc(Cl)c1Br. The molecule has 0 aliphatic rings. The number of hydrogen-bond donors (Lipinski definition) is 0. The van der Waals surface area contributed by atoms with Gasteiger partial charge in [-0.2, -0.15) is 0 Å². The van der Waals surface area contributed by atoms with Crippen LogP contribution in [0.1, 0.15) is 5.69 Å². The fourth-order valence-corrected chi connectivity index (χ4v) is 1.94. The Morgan fingerprint density at radius 2 is 2.05 bits per heavy atom. The van der Waals surface area contributed by atoms with E-state index in [1.165, 1.54) is 0 Å².